The fourth-order valence-corrected chi connectivity index (χ4v) is 5.35. The van der Waals surface area contributed by atoms with Gasteiger partial charge in [0.15, 0.2) is 0 Å². The zero-order valence-corrected chi connectivity index (χ0v) is 19.8. The predicted octanol–water partition coefficient (Wildman–Crippen LogP) is 5.32. The van der Waals surface area contributed by atoms with E-state index in [2.05, 4.69) is 28.4 Å². The standard InChI is InChI=1S/C27H35ClN2O2/c1-29-18-22-17-19(3-2-16-31)4-15-26(22)20-7-11-24(12-8-20)30(25-13-14-25)27(32)21-5-9-23(28)10-6-21/h4-6,9-10,15,17,20,24-25,29,31H,2-3,7-8,11-14,16,18H2,1H3. The number of aryl methyl sites for hydroxylation is 1. The van der Waals surface area contributed by atoms with Crippen molar-refractivity contribution < 1.29 is 9.90 Å². The van der Waals surface area contributed by atoms with Gasteiger partial charge in [-0.2, -0.15) is 0 Å². The molecule has 0 spiro atoms. The summed E-state index contributed by atoms with van der Waals surface area (Å²) in [7, 11) is 2.00. The topological polar surface area (TPSA) is 52.6 Å². The van der Waals surface area contributed by atoms with Crippen LogP contribution < -0.4 is 5.32 Å². The summed E-state index contributed by atoms with van der Waals surface area (Å²) in [4.78, 5) is 15.5. The molecule has 0 saturated heterocycles. The molecule has 2 fully saturated rings. The zero-order chi connectivity index (χ0) is 22.5. The van der Waals surface area contributed by atoms with Gasteiger partial charge in [-0.3, -0.25) is 4.79 Å². The van der Waals surface area contributed by atoms with Crippen LogP contribution in [0.15, 0.2) is 42.5 Å². The van der Waals surface area contributed by atoms with Crippen molar-refractivity contribution in [2.45, 2.75) is 75.9 Å². The van der Waals surface area contributed by atoms with Crippen molar-refractivity contribution in [1.82, 2.24) is 10.2 Å². The Hall–Kier alpha value is -1.88. The summed E-state index contributed by atoms with van der Waals surface area (Å²) in [6.07, 6.45) is 8.34. The fourth-order valence-electron chi connectivity index (χ4n) is 5.23. The van der Waals surface area contributed by atoms with Gasteiger partial charge in [-0.25, -0.2) is 0 Å². The third kappa shape index (κ3) is 5.54. The Morgan fingerprint density at radius 3 is 2.28 bits per heavy atom. The molecule has 172 valence electrons. The van der Waals surface area contributed by atoms with Crippen molar-refractivity contribution in [1.29, 1.82) is 0 Å². The lowest BCUT2D eigenvalue weighted by Gasteiger charge is -2.38. The molecule has 2 aliphatic carbocycles. The van der Waals surface area contributed by atoms with Gasteiger partial charge in [0.05, 0.1) is 0 Å². The van der Waals surface area contributed by atoms with E-state index in [1.807, 2.05) is 31.3 Å². The van der Waals surface area contributed by atoms with E-state index >= 15 is 0 Å². The number of nitrogens with zero attached hydrogens (tertiary/aromatic N) is 1. The molecular formula is C27H35ClN2O2. The van der Waals surface area contributed by atoms with E-state index in [1.165, 1.54) is 16.7 Å². The normalized spacial score (nSPS) is 20.8. The number of rotatable bonds is 9. The summed E-state index contributed by atoms with van der Waals surface area (Å²) in [6, 6.07) is 14.9. The van der Waals surface area contributed by atoms with E-state index in [4.69, 9.17) is 16.7 Å². The van der Waals surface area contributed by atoms with Crippen molar-refractivity contribution in [3.05, 3.63) is 69.7 Å². The molecule has 0 unspecified atom stereocenters. The molecule has 2 aliphatic rings. The van der Waals surface area contributed by atoms with Crippen LogP contribution in [0.4, 0.5) is 0 Å². The minimum absolute atomic E-state index is 0.164. The van der Waals surface area contributed by atoms with E-state index in [9.17, 15) is 4.79 Å². The summed E-state index contributed by atoms with van der Waals surface area (Å²) in [5.41, 5.74) is 4.88. The smallest absolute Gasteiger partial charge is 0.254 e. The van der Waals surface area contributed by atoms with Crippen LogP contribution in [0, 0.1) is 0 Å². The molecule has 5 heteroatoms. The number of benzene rings is 2. The highest BCUT2D eigenvalue weighted by atomic mass is 35.5. The molecular weight excluding hydrogens is 420 g/mol. The van der Waals surface area contributed by atoms with Crippen molar-refractivity contribution in [3.8, 4) is 0 Å². The predicted molar refractivity (Wildman–Crippen MR) is 130 cm³/mol. The monoisotopic (exact) mass is 454 g/mol. The number of nitrogens with one attached hydrogen (secondary N) is 1. The summed E-state index contributed by atoms with van der Waals surface area (Å²) >= 11 is 6.02. The van der Waals surface area contributed by atoms with Crippen molar-refractivity contribution in [2.75, 3.05) is 13.7 Å². The first-order valence-corrected chi connectivity index (χ1v) is 12.4. The summed E-state index contributed by atoms with van der Waals surface area (Å²) in [5, 5.41) is 13.1. The van der Waals surface area contributed by atoms with Gasteiger partial charge in [0, 0.05) is 35.8 Å². The van der Waals surface area contributed by atoms with E-state index in [-0.39, 0.29) is 12.5 Å². The Labute approximate surface area is 197 Å². The van der Waals surface area contributed by atoms with Gasteiger partial charge in [-0.15, -0.1) is 0 Å². The van der Waals surface area contributed by atoms with Crippen LogP contribution in [-0.2, 0) is 13.0 Å². The van der Waals surface area contributed by atoms with Crippen LogP contribution in [0.25, 0.3) is 0 Å². The average Bonchev–Trinajstić information content (AvgIpc) is 3.64. The zero-order valence-electron chi connectivity index (χ0n) is 19.0. The van der Waals surface area contributed by atoms with Gasteiger partial charge < -0.3 is 15.3 Å². The first kappa shape index (κ1) is 23.3. The number of aliphatic hydroxyl groups is 1. The van der Waals surface area contributed by atoms with E-state index < -0.39 is 0 Å². The van der Waals surface area contributed by atoms with Crippen LogP contribution in [0.2, 0.25) is 5.02 Å². The fraction of sp³-hybridized carbons (Fsp3) is 0.519. The summed E-state index contributed by atoms with van der Waals surface area (Å²) in [6.45, 7) is 1.10. The molecule has 0 atom stereocenters. The number of halogens is 1. The number of hydrogen-bond donors (Lipinski definition) is 2. The van der Waals surface area contributed by atoms with Crippen LogP contribution in [0.5, 0.6) is 0 Å². The third-order valence-corrected chi connectivity index (χ3v) is 7.25. The molecule has 2 saturated carbocycles. The molecule has 32 heavy (non-hydrogen) atoms. The highest BCUT2D eigenvalue weighted by Gasteiger charge is 2.39. The molecule has 0 bridgehead atoms. The van der Waals surface area contributed by atoms with Gasteiger partial charge in [-0.1, -0.05) is 29.8 Å². The minimum Gasteiger partial charge on any atom is -0.396 e. The molecule has 0 heterocycles. The quantitative estimate of drug-likeness (QED) is 0.539. The van der Waals surface area contributed by atoms with Crippen molar-refractivity contribution >= 4 is 17.5 Å². The maximum atomic E-state index is 13.3. The SMILES string of the molecule is CNCc1cc(CCCO)ccc1C1CCC(N(C(=O)c2ccc(Cl)cc2)C2CC2)CC1. The molecule has 1 amide bonds. The van der Waals surface area contributed by atoms with Gasteiger partial charge in [0.1, 0.15) is 0 Å². The maximum Gasteiger partial charge on any atom is 0.254 e. The van der Waals surface area contributed by atoms with E-state index in [0.717, 1.165) is 63.5 Å². The van der Waals surface area contributed by atoms with Crippen molar-refractivity contribution in [3.63, 3.8) is 0 Å². The maximum absolute atomic E-state index is 13.3. The Morgan fingerprint density at radius 2 is 1.69 bits per heavy atom. The lowest BCUT2D eigenvalue weighted by atomic mass is 9.79. The van der Waals surface area contributed by atoms with Crippen LogP contribution >= 0.6 is 11.6 Å². The first-order valence-electron chi connectivity index (χ1n) is 12.1. The Kier molecular flexibility index (Phi) is 7.88. The second-order valence-corrected chi connectivity index (χ2v) is 9.78. The highest BCUT2D eigenvalue weighted by Crippen LogP contribution is 2.40. The van der Waals surface area contributed by atoms with Crippen molar-refractivity contribution in [2.24, 2.45) is 0 Å². The molecule has 2 aromatic rings. The molecule has 0 radical (unpaired) electrons. The number of carbonyl (C=O) groups excluding carboxylic acids is 1. The largest absolute Gasteiger partial charge is 0.396 e. The van der Waals surface area contributed by atoms with Crippen LogP contribution in [0.1, 0.15) is 77.9 Å². The van der Waals surface area contributed by atoms with Gasteiger partial charge in [0.2, 0.25) is 0 Å². The second kappa shape index (κ2) is 10.8. The molecule has 4 nitrogen and oxygen atoms in total. The minimum atomic E-state index is 0.164. The van der Waals surface area contributed by atoms with E-state index in [0.29, 0.717) is 23.0 Å². The molecule has 2 N–H and O–H groups in total. The van der Waals surface area contributed by atoms with Gasteiger partial charge in [0.25, 0.3) is 5.91 Å². The number of amides is 1. The molecule has 0 aromatic heterocycles. The van der Waals surface area contributed by atoms with Crippen LogP contribution in [-0.4, -0.2) is 41.7 Å². The van der Waals surface area contributed by atoms with Crippen LogP contribution in [0.3, 0.4) is 0 Å². The van der Waals surface area contributed by atoms with E-state index in [1.54, 1.807) is 0 Å². The Morgan fingerprint density at radius 1 is 1.03 bits per heavy atom. The van der Waals surface area contributed by atoms with Gasteiger partial charge in [-0.05, 0) is 105 Å². The lowest BCUT2D eigenvalue weighted by molar-refractivity contribution is 0.0605. The molecule has 2 aromatic carbocycles. The lowest BCUT2D eigenvalue weighted by Crippen LogP contribution is -2.43. The number of carbonyl (C=O) groups is 1. The molecule has 4 rings (SSSR count). The summed E-state index contributed by atoms with van der Waals surface area (Å²) < 4.78 is 0. The summed E-state index contributed by atoms with van der Waals surface area (Å²) in [5.74, 6) is 0.713. The van der Waals surface area contributed by atoms with Gasteiger partial charge >= 0.3 is 0 Å². The first-order chi connectivity index (χ1) is 15.6. The highest BCUT2D eigenvalue weighted by molar-refractivity contribution is 6.30. The Balaban J connectivity index is 1.44. The third-order valence-electron chi connectivity index (χ3n) is 6.99. The number of hydrogen-bond acceptors (Lipinski definition) is 3. The molecule has 0 aliphatic heterocycles. The number of aliphatic hydroxyl groups excluding tert-OH is 1. The Bertz CT molecular complexity index is 902. The second-order valence-electron chi connectivity index (χ2n) is 9.35. The average molecular weight is 455 g/mol.